The highest BCUT2D eigenvalue weighted by Crippen LogP contribution is 2.18. The van der Waals surface area contributed by atoms with Gasteiger partial charge < -0.3 is 15.3 Å². The van der Waals surface area contributed by atoms with Gasteiger partial charge in [-0.25, -0.2) is 0 Å². The van der Waals surface area contributed by atoms with Crippen molar-refractivity contribution in [3.05, 3.63) is 24.3 Å². The number of hydrogen-bond donors (Lipinski definition) is 2. The Hall–Kier alpha value is -2.04. The third kappa shape index (κ3) is 3.27. The smallest absolute Gasteiger partial charge is 0.246 e. The Morgan fingerprint density at radius 3 is 2.69 bits per heavy atom. The average Bonchev–Trinajstić information content (AvgIpc) is 2.24. The van der Waals surface area contributed by atoms with Crippen molar-refractivity contribution in [1.82, 2.24) is 5.32 Å². The van der Waals surface area contributed by atoms with Gasteiger partial charge >= 0.3 is 0 Å². The molecule has 5 heteroatoms. The fourth-order valence-electron chi connectivity index (χ4n) is 1.16. The van der Waals surface area contributed by atoms with Gasteiger partial charge in [-0.15, -0.1) is 0 Å². The third-order valence-corrected chi connectivity index (χ3v) is 2.08. The van der Waals surface area contributed by atoms with Gasteiger partial charge in [-0.3, -0.25) is 9.59 Å². The van der Waals surface area contributed by atoms with Gasteiger partial charge in [-0.1, -0.05) is 6.07 Å². The number of phenols is 1. The van der Waals surface area contributed by atoms with Gasteiger partial charge in [0.2, 0.25) is 11.8 Å². The molecule has 0 saturated heterocycles. The quantitative estimate of drug-likeness (QED) is 0.782. The molecule has 1 aromatic rings. The zero-order chi connectivity index (χ0) is 12.1. The van der Waals surface area contributed by atoms with Crippen molar-refractivity contribution < 1.29 is 14.7 Å². The van der Waals surface area contributed by atoms with E-state index >= 15 is 0 Å². The lowest BCUT2D eigenvalue weighted by atomic mass is 10.3. The molecule has 0 radical (unpaired) electrons. The zero-order valence-electron chi connectivity index (χ0n) is 9.23. The Morgan fingerprint density at radius 2 is 2.12 bits per heavy atom. The van der Waals surface area contributed by atoms with E-state index in [1.807, 2.05) is 0 Å². The predicted octanol–water partition coefficient (Wildman–Crippen LogP) is 0.491. The summed E-state index contributed by atoms with van der Waals surface area (Å²) in [7, 11) is 1.58. The van der Waals surface area contributed by atoms with E-state index in [0.29, 0.717) is 5.69 Å². The topological polar surface area (TPSA) is 69.6 Å². The van der Waals surface area contributed by atoms with Gasteiger partial charge in [0.1, 0.15) is 5.75 Å². The molecule has 2 amide bonds. The lowest BCUT2D eigenvalue weighted by Crippen LogP contribution is -2.37. The molecule has 0 aromatic heterocycles. The number of carbonyl (C=O) groups is 2. The Balaban J connectivity index is 2.66. The van der Waals surface area contributed by atoms with Crippen LogP contribution in [-0.4, -0.2) is 30.5 Å². The van der Waals surface area contributed by atoms with Crippen molar-refractivity contribution in [2.45, 2.75) is 6.92 Å². The number of hydrogen-bond acceptors (Lipinski definition) is 3. The van der Waals surface area contributed by atoms with Crippen LogP contribution in [0.5, 0.6) is 5.75 Å². The first-order chi connectivity index (χ1) is 7.50. The van der Waals surface area contributed by atoms with Crippen molar-refractivity contribution in [2.24, 2.45) is 0 Å². The second-order valence-corrected chi connectivity index (χ2v) is 3.38. The van der Waals surface area contributed by atoms with E-state index in [1.165, 1.54) is 24.0 Å². The number of anilines is 1. The van der Waals surface area contributed by atoms with Crippen molar-refractivity contribution >= 4 is 17.5 Å². The van der Waals surface area contributed by atoms with Crippen LogP contribution in [0.25, 0.3) is 0 Å². The number of aromatic hydroxyl groups is 1. The van der Waals surface area contributed by atoms with Crippen LogP contribution in [0.2, 0.25) is 0 Å². The van der Waals surface area contributed by atoms with Crippen LogP contribution >= 0.6 is 0 Å². The number of carbonyl (C=O) groups excluding carboxylic acids is 2. The Morgan fingerprint density at radius 1 is 1.44 bits per heavy atom. The average molecular weight is 222 g/mol. The van der Waals surface area contributed by atoms with E-state index in [4.69, 9.17) is 0 Å². The first-order valence-corrected chi connectivity index (χ1v) is 4.80. The highest BCUT2D eigenvalue weighted by atomic mass is 16.3. The number of phenolic OH excluding ortho intramolecular Hbond substituents is 1. The largest absolute Gasteiger partial charge is 0.508 e. The number of nitrogens with one attached hydrogen (secondary N) is 1. The lowest BCUT2D eigenvalue weighted by molar-refractivity contribution is -0.123. The van der Waals surface area contributed by atoms with Crippen molar-refractivity contribution in [2.75, 3.05) is 18.5 Å². The molecule has 1 aromatic carbocycles. The van der Waals surface area contributed by atoms with Crippen LogP contribution in [0.3, 0.4) is 0 Å². The Kier molecular flexibility index (Phi) is 3.88. The first kappa shape index (κ1) is 12.0. The number of benzene rings is 1. The second kappa shape index (κ2) is 5.16. The number of nitrogens with zero attached hydrogens (tertiary/aromatic N) is 1. The number of rotatable bonds is 3. The molecule has 0 heterocycles. The highest BCUT2D eigenvalue weighted by molar-refractivity contribution is 5.96. The van der Waals surface area contributed by atoms with Gasteiger partial charge in [-0.2, -0.15) is 0 Å². The van der Waals surface area contributed by atoms with Crippen molar-refractivity contribution in [1.29, 1.82) is 0 Å². The summed E-state index contributed by atoms with van der Waals surface area (Å²) in [5.74, 6) is -0.407. The van der Waals surface area contributed by atoms with Crippen LogP contribution in [0.15, 0.2) is 24.3 Å². The molecule has 0 atom stereocenters. The summed E-state index contributed by atoms with van der Waals surface area (Å²) in [6.45, 7) is 1.29. The zero-order valence-corrected chi connectivity index (χ0v) is 9.23. The number of likely N-dealkylation sites (N-methyl/N-ethyl adjacent to an activating group) is 1. The minimum atomic E-state index is -0.252. The summed E-state index contributed by atoms with van der Waals surface area (Å²) in [4.78, 5) is 23.6. The monoisotopic (exact) mass is 222 g/mol. The molecule has 0 aliphatic rings. The van der Waals surface area contributed by atoms with Crippen LogP contribution in [0.4, 0.5) is 5.69 Å². The van der Waals surface area contributed by atoms with Crippen LogP contribution < -0.4 is 10.2 Å². The molecular weight excluding hydrogens is 208 g/mol. The predicted molar refractivity (Wildman–Crippen MR) is 60.2 cm³/mol. The maximum atomic E-state index is 11.6. The molecule has 5 nitrogen and oxygen atoms in total. The first-order valence-electron chi connectivity index (χ1n) is 4.80. The fourth-order valence-corrected chi connectivity index (χ4v) is 1.16. The van der Waals surface area contributed by atoms with E-state index in [0.717, 1.165) is 0 Å². The molecule has 0 bridgehead atoms. The Bertz CT molecular complexity index is 404. The molecule has 2 N–H and O–H groups in total. The summed E-state index contributed by atoms with van der Waals surface area (Å²) in [6.07, 6.45) is 0. The number of amides is 2. The van der Waals surface area contributed by atoms with Gasteiger partial charge in [0.15, 0.2) is 0 Å². The summed E-state index contributed by atoms with van der Waals surface area (Å²) in [6, 6.07) is 6.35. The SMILES string of the molecule is CC(=O)NCC(=O)N(C)c1cccc(O)c1. The van der Waals surface area contributed by atoms with Gasteiger partial charge in [-0.05, 0) is 12.1 Å². The molecule has 1 rings (SSSR count). The molecule has 0 spiro atoms. The fraction of sp³-hybridized carbons (Fsp3) is 0.273. The molecule has 86 valence electrons. The normalized spacial score (nSPS) is 9.62. The minimum Gasteiger partial charge on any atom is -0.508 e. The highest BCUT2D eigenvalue weighted by Gasteiger charge is 2.11. The molecule has 0 fully saturated rings. The van der Waals surface area contributed by atoms with E-state index in [2.05, 4.69) is 5.32 Å². The second-order valence-electron chi connectivity index (χ2n) is 3.38. The van der Waals surface area contributed by atoms with E-state index < -0.39 is 0 Å². The third-order valence-electron chi connectivity index (χ3n) is 2.08. The van der Waals surface area contributed by atoms with E-state index in [1.54, 1.807) is 19.2 Å². The summed E-state index contributed by atoms with van der Waals surface area (Å²) >= 11 is 0. The minimum absolute atomic E-state index is 0.0541. The molecule has 0 aliphatic heterocycles. The summed E-state index contributed by atoms with van der Waals surface area (Å²) in [5.41, 5.74) is 0.579. The van der Waals surface area contributed by atoms with E-state index in [9.17, 15) is 14.7 Å². The maximum absolute atomic E-state index is 11.6. The molecular formula is C11H14N2O3. The van der Waals surface area contributed by atoms with Crippen molar-refractivity contribution in [3.63, 3.8) is 0 Å². The Labute approximate surface area is 93.7 Å². The lowest BCUT2D eigenvalue weighted by Gasteiger charge is -2.17. The van der Waals surface area contributed by atoms with Crippen LogP contribution in [-0.2, 0) is 9.59 Å². The van der Waals surface area contributed by atoms with Crippen LogP contribution in [0.1, 0.15) is 6.92 Å². The standard InChI is InChI=1S/C11H14N2O3/c1-8(14)12-7-11(16)13(2)9-4-3-5-10(15)6-9/h3-6,15H,7H2,1-2H3,(H,12,14). The summed E-state index contributed by atoms with van der Waals surface area (Å²) < 4.78 is 0. The maximum Gasteiger partial charge on any atom is 0.246 e. The summed E-state index contributed by atoms with van der Waals surface area (Å²) in [5, 5.41) is 11.7. The molecule has 0 unspecified atom stereocenters. The van der Waals surface area contributed by atoms with Crippen molar-refractivity contribution in [3.8, 4) is 5.75 Å². The van der Waals surface area contributed by atoms with Gasteiger partial charge in [0.25, 0.3) is 0 Å². The molecule has 0 saturated carbocycles. The van der Waals surface area contributed by atoms with E-state index in [-0.39, 0.29) is 24.1 Å². The van der Waals surface area contributed by atoms with Gasteiger partial charge in [0, 0.05) is 25.7 Å². The molecule has 16 heavy (non-hydrogen) atoms. The van der Waals surface area contributed by atoms with Gasteiger partial charge in [0.05, 0.1) is 6.54 Å². The molecule has 0 aliphatic carbocycles. The van der Waals surface area contributed by atoms with Crippen LogP contribution in [0, 0.1) is 0 Å².